The molecular formula is C30H54N2O2. The highest BCUT2D eigenvalue weighted by atomic mass is 16.5. The van der Waals surface area contributed by atoms with E-state index in [4.69, 9.17) is 9.84 Å². The lowest BCUT2D eigenvalue weighted by Crippen LogP contribution is -2.50. The van der Waals surface area contributed by atoms with Gasteiger partial charge in [0.05, 0.1) is 6.20 Å². The minimum absolute atomic E-state index is 0.493. The molecule has 4 heteroatoms. The van der Waals surface area contributed by atoms with Gasteiger partial charge in [0.25, 0.3) is 0 Å². The molecule has 1 aromatic rings. The molecule has 4 nitrogen and oxygen atoms in total. The maximum atomic E-state index is 7.00. The molecule has 0 aromatic carbocycles. The first-order valence-corrected chi connectivity index (χ1v) is 14.3. The van der Waals surface area contributed by atoms with Crippen LogP contribution in [0.4, 0.5) is 0 Å². The molecule has 3 fully saturated rings. The first-order valence-electron chi connectivity index (χ1n) is 14.3. The number of aliphatic hydroxyl groups is 1. The van der Waals surface area contributed by atoms with Gasteiger partial charge in [-0.2, -0.15) is 5.10 Å². The first kappa shape index (κ1) is 27.7. The van der Waals surface area contributed by atoms with Gasteiger partial charge in [0, 0.05) is 33.6 Å². The number of fused-ring (bicyclic) bond motifs is 3. The Labute approximate surface area is 210 Å². The van der Waals surface area contributed by atoms with Gasteiger partial charge in [0.15, 0.2) is 0 Å². The molecule has 3 aliphatic rings. The molecule has 0 amide bonds. The molecule has 0 radical (unpaired) electrons. The van der Waals surface area contributed by atoms with E-state index in [1.807, 2.05) is 7.11 Å². The lowest BCUT2D eigenvalue weighted by molar-refractivity contribution is -0.0908. The van der Waals surface area contributed by atoms with E-state index in [1.165, 1.54) is 69.8 Å². The van der Waals surface area contributed by atoms with Crippen molar-refractivity contribution < 1.29 is 9.84 Å². The molecule has 34 heavy (non-hydrogen) atoms. The molecule has 1 heterocycles. The molecule has 3 aliphatic carbocycles. The summed E-state index contributed by atoms with van der Waals surface area (Å²) in [6, 6.07) is 0. The van der Waals surface area contributed by atoms with E-state index >= 15 is 0 Å². The summed E-state index contributed by atoms with van der Waals surface area (Å²) in [5.74, 6) is 5.26. The zero-order valence-corrected chi connectivity index (χ0v) is 23.4. The van der Waals surface area contributed by atoms with E-state index in [-0.39, 0.29) is 0 Å². The van der Waals surface area contributed by atoms with Gasteiger partial charge in [-0.15, -0.1) is 0 Å². The fraction of sp³-hybridized carbons (Fsp3) is 0.900. The Balaban J connectivity index is 0.00000158. The largest absolute Gasteiger partial charge is 0.400 e. The van der Waals surface area contributed by atoms with E-state index in [9.17, 15) is 0 Å². The van der Waals surface area contributed by atoms with E-state index in [1.54, 1.807) is 0 Å². The summed E-state index contributed by atoms with van der Waals surface area (Å²) < 4.78 is 7.76. The Morgan fingerprint density at radius 2 is 1.82 bits per heavy atom. The Bertz CT molecular complexity index is 746. The number of hydrogen-bond acceptors (Lipinski definition) is 3. The fourth-order valence-corrected chi connectivity index (χ4v) is 8.62. The van der Waals surface area contributed by atoms with Crippen LogP contribution in [0.15, 0.2) is 12.4 Å². The normalized spacial score (nSPS) is 37.1. The Kier molecular flexibility index (Phi) is 9.71. The number of hydrogen-bond donors (Lipinski definition) is 1. The van der Waals surface area contributed by atoms with Crippen molar-refractivity contribution in [1.82, 2.24) is 9.78 Å². The number of aromatic nitrogens is 2. The minimum Gasteiger partial charge on any atom is -0.400 e. The van der Waals surface area contributed by atoms with Crippen LogP contribution in [0.3, 0.4) is 0 Å². The molecule has 0 aliphatic heterocycles. The molecule has 1 N–H and O–H groups in total. The molecule has 7 atom stereocenters. The quantitative estimate of drug-likeness (QED) is 0.408. The second-order valence-electron chi connectivity index (χ2n) is 12.6. The van der Waals surface area contributed by atoms with E-state index in [0.29, 0.717) is 16.7 Å². The second kappa shape index (κ2) is 11.9. The smallest absolute Gasteiger partial charge is 0.0524 e. The predicted octanol–water partition coefficient (Wildman–Crippen LogP) is 7.32. The zero-order chi connectivity index (χ0) is 24.9. The van der Waals surface area contributed by atoms with Crippen molar-refractivity contribution in [1.29, 1.82) is 0 Å². The van der Waals surface area contributed by atoms with Crippen LogP contribution in [0.25, 0.3) is 0 Å². The number of aryl methyl sites for hydroxylation is 1. The fourth-order valence-electron chi connectivity index (χ4n) is 8.62. The van der Waals surface area contributed by atoms with Gasteiger partial charge in [0.2, 0.25) is 0 Å². The van der Waals surface area contributed by atoms with Gasteiger partial charge in [-0.25, -0.2) is 0 Å². The van der Waals surface area contributed by atoms with Crippen molar-refractivity contribution in [3.05, 3.63) is 18.0 Å². The zero-order valence-electron chi connectivity index (χ0n) is 23.4. The van der Waals surface area contributed by atoms with Crippen molar-refractivity contribution in [2.75, 3.05) is 20.8 Å². The molecular weight excluding hydrogens is 420 g/mol. The van der Waals surface area contributed by atoms with Gasteiger partial charge < -0.3 is 9.84 Å². The van der Waals surface area contributed by atoms with Crippen LogP contribution >= 0.6 is 0 Å². The highest BCUT2D eigenvalue weighted by molar-refractivity contribution is 5.09. The molecule has 6 unspecified atom stereocenters. The predicted molar refractivity (Wildman–Crippen MR) is 142 cm³/mol. The van der Waals surface area contributed by atoms with E-state index in [0.717, 1.165) is 49.9 Å². The summed E-state index contributed by atoms with van der Waals surface area (Å²) in [6.45, 7) is 14.2. The van der Waals surface area contributed by atoms with Crippen LogP contribution in [0.1, 0.15) is 110 Å². The standard InChI is InChI=1S/C29H50N2O.CH4O/c1-7-8-26-24-12-15-29(5)23(13-17-31-20-22(19-30-31)21(2)3)9-10-27(29)25(24)11-14-28(26,4)16-18-32-6;1-2/h19-21,23-27H,7-18H2,1-6H3;2H,1H3/t23-,24?,25?,26?,27?,28?,29?;/m1./s1. The third-order valence-corrected chi connectivity index (χ3v) is 10.7. The minimum atomic E-state index is 0.493. The molecule has 3 saturated carbocycles. The SMILES string of the molecule is CCCC1C2CCC3(C)C(CC[C@@H]3CCn3cc(C(C)C)cn3)C2CCC1(C)CCOC.CO. The van der Waals surface area contributed by atoms with Crippen molar-refractivity contribution in [3.8, 4) is 0 Å². The average Bonchev–Trinajstić information content (AvgIpc) is 3.44. The van der Waals surface area contributed by atoms with Crippen LogP contribution in [0, 0.1) is 40.4 Å². The summed E-state index contributed by atoms with van der Waals surface area (Å²) in [5, 5.41) is 11.7. The summed E-state index contributed by atoms with van der Waals surface area (Å²) in [7, 11) is 2.88. The van der Waals surface area contributed by atoms with Crippen molar-refractivity contribution in [2.24, 2.45) is 40.4 Å². The highest BCUT2D eigenvalue weighted by Crippen LogP contribution is 2.66. The lowest BCUT2D eigenvalue weighted by Gasteiger charge is -2.58. The van der Waals surface area contributed by atoms with Crippen LogP contribution < -0.4 is 0 Å². The molecule has 4 rings (SSSR count). The lowest BCUT2D eigenvalue weighted by atomic mass is 9.47. The average molecular weight is 475 g/mol. The van der Waals surface area contributed by atoms with Crippen LogP contribution in [0.2, 0.25) is 0 Å². The monoisotopic (exact) mass is 474 g/mol. The van der Waals surface area contributed by atoms with Gasteiger partial charge in [0.1, 0.15) is 0 Å². The Morgan fingerprint density at radius 1 is 1.09 bits per heavy atom. The second-order valence-corrected chi connectivity index (χ2v) is 12.6. The van der Waals surface area contributed by atoms with Gasteiger partial charge in [-0.1, -0.05) is 41.0 Å². The molecule has 1 aromatic heterocycles. The number of ether oxygens (including phenoxy) is 1. The van der Waals surface area contributed by atoms with Gasteiger partial charge in [-0.3, -0.25) is 4.68 Å². The summed E-state index contributed by atoms with van der Waals surface area (Å²) in [4.78, 5) is 0. The molecule has 196 valence electrons. The highest BCUT2D eigenvalue weighted by Gasteiger charge is 2.57. The van der Waals surface area contributed by atoms with Gasteiger partial charge >= 0.3 is 0 Å². The Hall–Kier alpha value is -0.870. The number of rotatable bonds is 9. The van der Waals surface area contributed by atoms with E-state index < -0.39 is 0 Å². The Morgan fingerprint density at radius 3 is 2.47 bits per heavy atom. The van der Waals surface area contributed by atoms with Crippen LogP contribution in [-0.4, -0.2) is 35.7 Å². The van der Waals surface area contributed by atoms with Crippen molar-refractivity contribution in [2.45, 2.75) is 111 Å². The number of methoxy groups -OCH3 is 1. The topological polar surface area (TPSA) is 47.3 Å². The van der Waals surface area contributed by atoms with Gasteiger partial charge in [-0.05, 0) is 110 Å². The molecule has 0 bridgehead atoms. The number of aliphatic hydroxyl groups excluding tert-OH is 1. The van der Waals surface area contributed by atoms with Crippen molar-refractivity contribution in [3.63, 3.8) is 0 Å². The summed E-state index contributed by atoms with van der Waals surface area (Å²) >= 11 is 0. The number of nitrogens with zero attached hydrogens (tertiary/aromatic N) is 2. The van der Waals surface area contributed by atoms with E-state index in [2.05, 4.69) is 56.8 Å². The maximum Gasteiger partial charge on any atom is 0.0524 e. The summed E-state index contributed by atoms with van der Waals surface area (Å²) in [6.07, 6.45) is 18.4. The summed E-state index contributed by atoms with van der Waals surface area (Å²) in [5.41, 5.74) is 2.43. The van der Waals surface area contributed by atoms with Crippen LogP contribution in [0.5, 0.6) is 0 Å². The first-order chi connectivity index (χ1) is 16.3. The van der Waals surface area contributed by atoms with Crippen LogP contribution in [-0.2, 0) is 11.3 Å². The molecule has 0 spiro atoms. The third kappa shape index (κ3) is 5.43. The van der Waals surface area contributed by atoms with Crippen molar-refractivity contribution >= 4 is 0 Å². The maximum absolute atomic E-state index is 7.00. The third-order valence-electron chi connectivity index (χ3n) is 10.7. The molecule has 0 saturated heterocycles.